The number of rotatable bonds is 3. The van der Waals surface area contributed by atoms with Gasteiger partial charge in [0.05, 0.1) is 0 Å². The Morgan fingerprint density at radius 3 is 2.37 bits per heavy atom. The number of hydrogen-bond acceptors (Lipinski definition) is 1. The summed E-state index contributed by atoms with van der Waals surface area (Å²) < 4.78 is 40.2. The Morgan fingerprint density at radius 2 is 1.68 bits per heavy atom. The zero-order valence-electron chi connectivity index (χ0n) is 10.1. The minimum atomic E-state index is -1.18. The monoisotopic (exact) mass is 329 g/mol. The van der Waals surface area contributed by atoms with Gasteiger partial charge in [-0.25, -0.2) is 13.2 Å². The van der Waals surface area contributed by atoms with Crippen molar-refractivity contribution in [2.45, 2.75) is 13.5 Å². The molecule has 0 saturated carbocycles. The molecule has 0 unspecified atom stereocenters. The number of nitrogens with one attached hydrogen (secondary N) is 1. The van der Waals surface area contributed by atoms with E-state index in [1.807, 2.05) is 25.1 Å². The molecule has 2 aromatic rings. The summed E-state index contributed by atoms with van der Waals surface area (Å²) in [6, 6.07) is 7.00. The van der Waals surface area contributed by atoms with Crippen molar-refractivity contribution in [1.29, 1.82) is 0 Å². The van der Waals surface area contributed by atoms with E-state index in [1.54, 1.807) is 0 Å². The molecule has 0 amide bonds. The summed E-state index contributed by atoms with van der Waals surface area (Å²) in [6.07, 6.45) is 0. The number of hydrogen-bond donors (Lipinski definition) is 1. The zero-order chi connectivity index (χ0) is 14.0. The van der Waals surface area contributed by atoms with Crippen LogP contribution in [0.2, 0.25) is 0 Å². The van der Waals surface area contributed by atoms with E-state index in [0.29, 0.717) is 6.07 Å². The summed E-state index contributed by atoms with van der Waals surface area (Å²) in [7, 11) is 0. The predicted octanol–water partition coefficient (Wildman–Crippen LogP) is 4.79. The largest absolute Gasteiger partial charge is 0.381 e. The lowest BCUT2D eigenvalue weighted by atomic mass is 10.1. The Balaban J connectivity index is 2.16. The molecule has 1 N–H and O–H groups in total. The minimum Gasteiger partial charge on any atom is -0.381 e. The maximum atomic E-state index is 13.4. The summed E-state index contributed by atoms with van der Waals surface area (Å²) in [5.74, 6) is -2.99. The standard InChI is InChI=1S/C14H11BrF3N/c1-8-4-10(15)2-3-14(8)19-7-9-5-12(17)13(18)6-11(9)16/h2-6,19H,7H2,1H3. The lowest BCUT2D eigenvalue weighted by molar-refractivity contribution is 0.490. The molecule has 2 rings (SSSR count). The molecule has 2 aromatic carbocycles. The number of anilines is 1. The van der Waals surface area contributed by atoms with Gasteiger partial charge in [-0.2, -0.15) is 0 Å². The number of benzene rings is 2. The van der Waals surface area contributed by atoms with Crippen molar-refractivity contribution in [2.75, 3.05) is 5.32 Å². The first-order valence-corrected chi connectivity index (χ1v) is 6.40. The molecule has 0 radical (unpaired) electrons. The molecular weight excluding hydrogens is 319 g/mol. The number of aryl methyl sites for hydroxylation is 1. The van der Waals surface area contributed by atoms with Gasteiger partial charge >= 0.3 is 0 Å². The summed E-state index contributed by atoms with van der Waals surface area (Å²) in [6.45, 7) is 1.99. The molecule has 0 fully saturated rings. The minimum absolute atomic E-state index is 0.0845. The van der Waals surface area contributed by atoms with Crippen LogP contribution in [0.3, 0.4) is 0 Å². The normalized spacial score (nSPS) is 10.6. The van der Waals surface area contributed by atoms with Crippen molar-refractivity contribution in [3.63, 3.8) is 0 Å². The van der Waals surface area contributed by atoms with Gasteiger partial charge in [-0.15, -0.1) is 0 Å². The van der Waals surface area contributed by atoms with Crippen LogP contribution in [0, 0.1) is 24.4 Å². The summed E-state index contributed by atoms with van der Waals surface area (Å²) >= 11 is 3.34. The average molecular weight is 330 g/mol. The van der Waals surface area contributed by atoms with E-state index in [-0.39, 0.29) is 12.1 Å². The third-order valence-corrected chi connectivity index (χ3v) is 3.24. The van der Waals surface area contributed by atoms with Crippen LogP contribution >= 0.6 is 15.9 Å². The SMILES string of the molecule is Cc1cc(Br)ccc1NCc1cc(F)c(F)cc1F. The van der Waals surface area contributed by atoms with E-state index in [4.69, 9.17) is 0 Å². The maximum Gasteiger partial charge on any atom is 0.161 e. The third kappa shape index (κ3) is 3.29. The van der Waals surface area contributed by atoms with Gasteiger partial charge in [0.15, 0.2) is 11.6 Å². The lowest BCUT2D eigenvalue weighted by Gasteiger charge is -2.11. The molecular formula is C14H11BrF3N. The average Bonchev–Trinajstić information content (AvgIpc) is 2.34. The lowest BCUT2D eigenvalue weighted by Crippen LogP contribution is -2.04. The molecule has 0 saturated heterocycles. The highest BCUT2D eigenvalue weighted by molar-refractivity contribution is 9.10. The van der Waals surface area contributed by atoms with Gasteiger partial charge in [0.2, 0.25) is 0 Å². The van der Waals surface area contributed by atoms with Crippen LogP contribution in [0.25, 0.3) is 0 Å². The van der Waals surface area contributed by atoms with Crippen LogP contribution in [-0.4, -0.2) is 0 Å². The second kappa shape index (κ2) is 5.65. The second-order valence-electron chi connectivity index (χ2n) is 4.17. The van der Waals surface area contributed by atoms with Gasteiger partial charge in [0, 0.05) is 28.3 Å². The predicted molar refractivity (Wildman–Crippen MR) is 72.5 cm³/mol. The first-order chi connectivity index (χ1) is 8.97. The number of halogens is 4. The van der Waals surface area contributed by atoms with Gasteiger partial charge in [0.1, 0.15) is 5.82 Å². The van der Waals surface area contributed by atoms with Crippen LogP contribution in [-0.2, 0) is 6.54 Å². The highest BCUT2D eigenvalue weighted by Crippen LogP contribution is 2.21. The van der Waals surface area contributed by atoms with E-state index >= 15 is 0 Å². The van der Waals surface area contributed by atoms with Crippen molar-refractivity contribution in [3.05, 3.63) is 63.4 Å². The smallest absolute Gasteiger partial charge is 0.161 e. The van der Waals surface area contributed by atoms with Gasteiger partial charge in [-0.05, 0) is 36.8 Å². The van der Waals surface area contributed by atoms with Crippen molar-refractivity contribution >= 4 is 21.6 Å². The van der Waals surface area contributed by atoms with Crippen molar-refractivity contribution < 1.29 is 13.2 Å². The van der Waals surface area contributed by atoms with Gasteiger partial charge in [0.25, 0.3) is 0 Å². The molecule has 100 valence electrons. The van der Waals surface area contributed by atoms with Crippen LogP contribution < -0.4 is 5.32 Å². The molecule has 0 aliphatic carbocycles. The Hall–Kier alpha value is -1.49. The highest BCUT2D eigenvalue weighted by Gasteiger charge is 2.09. The van der Waals surface area contributed by atoms with Crippen LogP contribution in [0.1, 0.15) is 11.1 Å². The molecule has 1 nitrogen and oxygen atoms in total. The van der Waals surface area contributed by atoms with E-state index < -0.39 is 17.5 Å². The van der Waals surface area contributed by atoms with Gasteiger partial charge < -0.3 is 5.32 Å². The fourth-order valence-corrected chi connectivity index (χ4v) is 2.19. The molecule has 0 atom stereocenters. The Kier molecular flexibility index (Phi) is 4.14. The molecule has 0 aliphatic heterocycles. The molecule has 5 heteroatoms. The summed E-state index contributed by atoms with van der Waals surface area (Å²) in [5, 5.41) is 2.99. The molecule has 0 heterocycles. The molecule has 0 aromatic heterocycles. The first-order valence-electron chi connectivity index (χ1n) is 5.61. The van der Waals surface area contributed by atoms with Crippen LogP contribution in [0.15, 0.2) is 34.8 Å². The second-order valence-corrected chi connectivity index (χ2v) is 5.09. The topological polar surface area (TPSA) is 12.0 Å². The van der Waals surface area contributed by atoms with E-state index in [9.17, 15) is 13.2 Å². The third-order valence-electron chi connectivity index (χ3n) is 2.75. The first kappa shape index (κ1) is 13.9. The fraction of sp³-hybridized carbons (Fsp3) is 0.143. The van der Waals surface area contributed by atoms with E-state index in [0.717, 1.165) is 21.8 Å². The van der Waals surface area contributed by atoms with Gasteiger partial charge in [-0.3, -0.25) is 0 Å². The van der Waals surface area contributed by atoms with Crippen LogP contribution in [0.4, 0.5) is 18.9 Å². The van der Waals surface area contributed by atoms with Crippen molar-refractivity contribution in [1.82, 2.24) is 0 Å². The maximum absolute atomic E-state index is 13.4. The quantitative estimate of drug-likeness (QED) is 0.798. The van der Waals surface area contributed by atoms with Gasteiger partial charge in [-0.1, -0.05) is 15.9 Å². The molecule has 0 bridgehead atoms. The molecule has 0 spiro atoms. The molecule has 0 aliphatic rings. The van der Waals surface area contributed by atoms with Crippen LogP contribution in [0.5, 0.6) is 0 Å². The Bertz CT molecular complexity index is 614. The summed E-state index contributed by atoms with van der Waals surface area (Å²) in [5.41, 5.74) is 1.87. The van der Waals surface area contributed by atoms with Crippen molar-refractivity contribution in [2.24, 2.45) is 0 Å². The van der Waals surface area contributed by atoms with E-state index in [1.165, 1.54) is 0 Å². The zero-order valence-corrected chi connectivity index (χ0v) is 11.7. The Morgan fingerprint density at radius 1 is 1.00 bits per heavy atom. The summed E-state index contributed by atoms with van der Waals surface area (Å²) in [4.78, 5) is 0. The highest BCUT2D eigenvalue weighted by atomic mass is 79.9. The van der Waals surface area contributed by atoms with E-state index in [2.05, 4.69) is 21.2 Å². The fourth-order valence-electron chi connectivity index (χ4n) is 1.72. The van der Waals surface area contributed by atoms with Crippen molar-refractivity contribution in [3.8, 4) is 0 Å². The molecule has 19 heavy (non-hydrogen) atoms. The Labute approximate surface area is 117 Å².